The summed E-state index contributed by atoms with van der Waals surface area (Å²) in [4.78, 5) is 14.2. The lowest BCUT2D eigenvalue weighted by molar-refractivity contribution is -0.384. The van der Waals surface area contributed by atoms with E-state index in [0.29, 0.717) is 36.5 Å². The van der Waals surface area contributed by atoms with Crippen LogP contribution in [0.15, 0.2) is 28.8 Å². The Labute approximate surface area is 108 Å². The third-order valence-electron chi connectivity index (χ3n) is 2.48. The van der Waals surface area contributed by atoms with Crippen molar-refractivity contribution >= 4 is 5.69 Å². The first-order chi connectivity index (χ1) is 9.20. The summed E-state index contributed by atoms with van der Waals surface area (Å²) in [7, 11) is 0. The average molecular weight is 258 g/mol. The van der Waals surface area contributed by atoms with E-state index in [4.69, 9.17) is 9.78 Å². The molecule has 0 bridgehead atoms. The van der Waals surface area contributed by atoms with E-state index < -0.39 is 4.92 Å². The minimum atomic E-state index is -0.465. The van der Waals surface area contributed by atoms with Gasteiger partial charge in [0.25, 0.3) is 5.69 Å². The third kappa shape index (κ3) is 3.13. The highest BCUT2D eigenvalue weighted by Gasteiger charge is 2.10. The molecule has 96 valence electrons. The fraction of sp³-hybridized carbons (Fsp3) is 0.250. The van der Waals surface area contributed by atoms with Gasteiger partial charge in [-0.25, -0.2) is 0 Å². The molecule has 0 amide bonds. The highest BCUT2D eigenvalue weighted by molar-refractivity contribution is 5.56. The van der Waals surface area contributed by atoms with Crippen LogP contribution in [-0.2, 0) is 6.42 Å². The van der Waals surface area contributed by atoms with Crippen LogP contribution in [0.2, 0.25) is 0 Å². The smallest absolute Gasteiger partial charge is 0.269 e. The zero-order valence-electron chi connectivity index (χ0n) is 9.94. The number of nitro groups is 1. The van der Waals surface area contributed by atoms with E-state index in [9.17, 15) is 10.1 Å². The van der Waals surface area contributed by atoms with Crippen LogP contribution in [0.3, 0.4) is 0 Å². The van der Waals surface area contributed by atoms with Gasteiger partial charge in [0.15, 0.2) is 0 Å². The number of hydrogen-bond donors (Lipinski definition) is 0. The predicted molar refractivity (Wildman–Crippen MR) is 64.9 cm³/mol. The van der Waals surface area contributed by atoms with Gasteiger partial charge in [-0.15, -0.1) is 0 Å². The van der Waals surface area contributed by atoms with Crippen LogP contribution in [-0.4, -0.2) is 15.1 Å². The Bertz CT molecular complexity index is 613. The first-order valence-electron chi connectivity index (χ1n) is 5.65. The normalized spacial score (nSPS) is 10.1. The number of unbranched alkanes of at least 4 members (excludes halogenated alkanes) is 1. The van der Waals surface area contributed by atoms with E-state index in [1.165, 1.54) is 12.1 Å². The van der Waals surface area contributed by atoms with Crippen LogP contribution in [0.1, 0.15) is 18.7 Å². The van der Waals surface area contributed by atoms with Gasteiger partial charge in [0.2, 0.25) is 11.7 Å². The van der Waals surface area contributed by atoms with Gasteiger partial charge in [0.05, 0.1) is 11.0 Å². The van der Waals surface area contributed by atoms with Crippen LogP contribution in [0.5, 0.6) is 0 Å². The molecule has 0 aliphatic carbocycles. The lowest BCUT2D eigenvalue weighted by atomic mass is 10.2. The fourth-order valence-electron chi connectivity index (χ4n) is 1.52. The van der Waals surface area contributed by atoms with Crippen LogP contribution in [0.25, 0.3) is 11.4 Å². The Morgan fingerprint density at radius 2 is 2.11 bits per heavy atom. The lowest BCUT2D eigenvalue weighted by Crippen LogP contribution is -1.88. The van der Waals surface area contributed by atoms with Crippen molar-refractivity contribution in [3.05, 3.63) is 40.3 Å². The SMILES string of the molecule is N#CCCCc1nc(-c2ccc([N+](=O)[O-])cc2)no1. The van der Waals surface area contributed by atoms with Gasteiger partial charge in [0, 0.05) is 30.5 Å². The van der Waals surface area contributed by atoms with E-state index in [-0.39, 0.29) is 5.69 Å². The number of aromatic nitrogens is 2. The van der Waals surface area contributed by atoms with Crippen molar-refractivity contribution in [3.8, 4) is 17.5 Å². The summed E-state index contributed by atoms with van der Waals surface area (Å²) in [5.74, 6) is 0.852. The van der Waals surface area contributed by atoms with Crippen molar-refractivity contribution in [3.63, 3.8) is 0 Å². The Balaban J connectivity index is 2.09. The van der Waals surface area contributed by atoms with E-state index in [1.54, 1.807) is 12.1 Å². The number of nitrogens with zero attached hydrogens (tertiary/aromatic N) is 4. The molecule has 7 heteroatoms. The highest BCUT2D eigenvalue weighted by Crippen LogP contribution is 2.20. The predicted octanol–water partition coefficient (Wildman–Crippen LogP) is 2.49. The van der Waals surface area contributed by atoms with E-state index >= 15 is 0 Å². The number of benzene rings is 1. The molecular weight excluding hydrogens is 248 g/mol. The summed E-state index contributed by atoms with van der Waals surface area (Å²) in [6.45, 7) is 0. The molecule has 0 saturated carbocycles. The maximum absolute atomic E-state index is 10.5. The number of nitriles is 1. The molecule has 19 heavy (non-hydrogen) atoms. The summed E-state index contributed by atoms with van der Waals surface area (Å²) in [5, 5.41) is 22.8. The highest BCUT2D eigenvalue weighted by atomic mass is 16.6. The van der Waals surface area contributed by atoms with Gasteiger partial charge in [-0.1, -0.05) is 5.16 Å². The molecule has 0 radical (unpaired) electrons. The van der Waals surface area contributed by atoms with Crippen LogP contribution < -0.4 is 0 Å². The van der Waals surface area contributed by atoms with Gasteiger partial charge >= 0.3 is 0 Å². The molecule has 0 aliphatic rings. The van der Waals surface area contributed by atoms with Gasteiger partial charge in [-0.05, 0) is 18.6 Å². The molecule has 0 atom stereocenters. The fourth-order valence-corrected chi connectivity index (χ4v) is 1.52. The molecule has 0 spiro atoms. The summed E-state index contributed by atoms with van der Waals surface area (Å²) in [6, 6.07) is 7.96. The molecule has 1 aromatic carbocycles. The lowest BCUT2D eigenvalue weighted by Gasteiger charge is -1.93. The zero-order valence-corrected chi connectivity index (χ0v) is 9.94. The van der Waals surface area contributed by atoms with Crippen molar-refractivity contribution in [2.45, 2.75) is 19.3 Å². The minimum Gasteiger partial charge on any atom is -0.339 e. The number of rotatable bonds is 5. The van der Waals surface area contributed by atoms with E-state index in [1.807, 2.05) is 6.07 Å². The third-order valence-corrected chi connectivity index (χ3v) is 2.48. The molecule has 0 fully saturated rings. The first-order valence-corrected chi connectivity index (χ1v) is 5.65. The quantitative estimate of drug-likeness (QED) is 0.463. The summed E-state index contributed by atoms with van der Waals surface area (Å²) < 4.78 is 5.04. The van der Waals surface area contributed by atoms with E-state index in [2.05, 4.69) is 10.1 Å². The van der Waals surface area contributed by atoms with Crippen LogP contribution >= 0.6 is 0 Å². The topological polar surface area (TPSA) is 106 Å². The molecule has 0 aliphatic heterocycles. The Morgan fingerprint density at radius 3 is 2.74 bits per heavy atom. The monoisotopic (exact) mass is 258 g/mol. The van der Waals surface area contributed by atoms with Crippen LogP contribution in [0, 0.1) is 21.4 Å². The molecule has 0 unspecified atom stereocenters. The Kier molecular flexibility index (Phi) is 3.83. The summed E-state index contributed by atoms with van der Waals surface area (Å²) in [6.07, 6.45) is 1.65. The molecule has 0 N–H and O–H groups in total. The number of non-ortho nitro benzene ring substituents is 1. The zero-order chi connectivity index (χ0) is 13.7. The van der Waals surface area contributed by atoms with Gasteiger partial charge < -0.3 is 4.52 Å². The van der Waals surface area contributed by atoms with Crippen molar-refractivity contribution in [2.24, 2.45) is 0 Å². The van der Waals surface area contributed by atoms with Crippen LogP contribution in [0.4, 0.5) is 5.69 Å². The maximum Gasteiger partial charge on any atom is 0.269 e. The first kappa shape index (κ1) is 12.7. The standard InChI is InChI=1S/C12H10N4O3/c13-8-2-1-3-11-14-12(15-19-11)9-4-6-10(7-5-9)16(17)18/h4-7H,1-3H2. The maximum atomic E-state index is 10.5. The molecule has 1 aromatic heterocycles. The minimum absolute atomic E-state index is 0.0153. The van der Waals surface area contributed by atoms with Gasteiger partial charge in [-0.2, -0.15) is 10.2 Å². The summed E-state index contributed by atoms with van der Waals surface area (Å²) >= 11 is 0. The number of nitro benzene ring substituents is 1. The molecule has 2 rings (SSSR count). The number of aryl methyl sites for hydroxylation is 1. The van der Waals surface area contributed by atoms with Gasteiger partial charge in [-0.3, -0.25) is 10.1 Å². The molecule has 1 heterocycles. The van der Waals surface area contributed by atoms with Gasteiger partial charge in [0.1, 0.15) is 0 Å². The molecule has 2 aromatic rings. The molecule has 7 nitrogen and oxygen atoms in total. The molecular formula is C12H10N4O3. The van der Waals surface area contributed by atoms with Crippen molar-refractivity contribution in [1.29, 1.82) is 5.26 Å². The second kappa shape index (κ2) is 5.73. The largest absolute Gasteiger partial charge is 0.339 e. The van der Waals surface area contributed by atoms with Crippen molar-refractivity contribution in [2.75, 3.05) is 0 Å². The second-order valence-electron chi connectivity index (χ2n) is 3.83. The average Bonchev–Trinajstić information content (AvgIpc) is 2.88. The second-order valence-corrected chi connectivity index (χ2v) is 3.83. The Morgan fingerprint density at radius 1 is 1.37 bits per heavy atom. The Hall–Kier alpha value is -2.75. The summed E-state index contributed by atoms with van der Waals surface area (Å²) in [5.41, 5.74) is 0.669. The van der Waals surface area contributed by atoms with Crippen molar-refractivity contribution < 1.29 is 9.45 Å². The van der Waals surface area contributed by atoms with E-state index in [0.717, 1.165) is 0 Å². The van der Waals surface area contributed by atoms with Crippen molar-refractivity contribution in [1.82, 2.24) is 10.1 Å². The number of hydrogen-bond acceptors (Lipinski definition) is 6. The molecule has 0 saturated heterocycles.